The molecule has 0 unspecified atom stereocenters. The van der Waals surface area contributed by atoms with E-state index in [1.165, 1.54) is 30.0 Å². The van der Waals surface area contributed by atoms with Gasteiger partial charge in [0, 0.05) is 23.6 Å². The Kier molecular flexibility index (Phi) is 5.46. The highest BCUT2D eigenvalue weighted by Gasteiger charge is 2.17. The molecular weight excluding hydrogens is 635 g/mol. The summed E-state index contributed by atoms with van der Waals surface area (Å²) in [7, 11) is -4.25. The van der Waals surface area contributed by atoms with Crippen LogP contribution in [-0.4, -0.2) is 14.4 Å². The lowest BCUT2D eigenvalue weighted by Crippen LogP contribution is -2.02. The first-order valence-corrected chi connectivity index (χ1v) is 13.2. The standard InChI is InChI=1S/C24H16I2NO3P/c25-17-6-10-21-22-11-7-18(26)14-24(22)27(23(21)13-17)19-3-1-2-16(12-19)15-4-8-20(9-5-15)31(28,29)30/h1-14H,(H2,28,29,30). The van der Waals surface area contributed by atoms with Gasteiger partial charge >= 0.3 is 7.60 Å². The van der Waals surface area contributed by atoms with E-state index in [-0.39, 0.29) is 5.30 Å². The second kappa shape index (κ2) is 8.01. The Hall–Kier alpha value is -1.71. The third kappa shape index (κ3) is 3.96. The monoisotopic (exact) mass is 651 g/mol. The molecule has 2 N–H and O–H groups in total. The summed E-state index contributed by atoms with van der Waals surface area (Å²) >= 11 is 4.68. The molecule has 0 atom stereocenters. The van der Waals surface area contributed by atoms with Crippen molar-refractivity contribution in [3.05, 3.63) is 92.1 Å². The lowest BCUT2D eigenvalue weighted by molar-refractivity contribution is 0.387. The summed E-state index contributed by atoms with van der Waals surface area (Å²) in [5.41, 5.74) is 5.24. The number of hydrogen-bond acceptors (Lipinski definition) is 1. The van der Waals surface area contributed by atoms with Gasteiger partial charge in [-0.25, -0.2) is 0 Å². The minimum atomic E-state index is -4.25. The molecule has 0 amide bonds. The Bertz CT molecular complexity index is 1440. The lowest BCUT2D eigenvalue weighted by atomic mass is 10.1. The van der Waals surface area contributed by atoms with E-state index in [0.717, 1.165) is 27.8 Å². The van der Waals surface area contributed by atoms with Crippen LogP contribution in [0.1, 0.15) is 0 Å². The summed E-state index contributed by atoms with van der Waals surface area (Å²) < 4.78 is 16.1. The summed E-state index contributed by atoms with van der Waals surface area (Å²) in [4.78, 5) is 18.7. The van der Waals surface area contributed by atoms with E-state index in [0.29, 0.717) is 0 Å². The highest BCUT2D eigenvalue weighted by molar-refractivity contribution is 14.1. The molecule has 0 aliphatic rings. The molecule has 0 saturated heterocycles. The SMILES string of the molecule is O=P(O)(O)c1ccc(-c2cccc(-n3c4cc(I)ccc4c4ccc(I)cc43)c2)cc1. The van der Waals surface area contributed by atoms with E-state index in [4.69, 9.17) is 0 Å². The molecule has 31 heavy (non-hydrogen) atoms. The minimum Gasteiger partial charge on any atom is -0.321 e. The normalized spacial score (nSPS) is 12.0. The first kappa shape index (κ1) is 21.2. The van der Waals surface area contributed by atoms with Crippen LogP contribution in [0.15, 0.2) is 84.9 Å². The molecular formula is C24H16I2NO3P. The fourth-order valence-corrected chi connectivity index (χ4v) is 5.40. The van der Waals surface area contributed by atoms with Gasteiger partial charge in [-0.3, -0.25) is 4.57 Å². The first-order valence-electron chi connectivity index (χ1n) is 9.47. The fourth-order valence-electron chi connectivity index (χ4n) is 3.92. The van der Waals surface area contributed by atoms with E-state index in [2.05, 4.69) is 98.3 Å². The quantitative estimate of drug-likeness (QED) is 0.174. The van der Waals surface area contributed by atoms with Crippen molar-refractivity contribution >= 4 is 79.9 Å². The molecule has 4 nitrogen and oxygen atoms in total. The second-order valence-corrected chi connectivity index (χ2v) is 11.4. The van der Waals surface area contributed by atoms with Crippen LogP contribution < -0.4 is 5.30 Å². The van der Waals surface area contributed by atoms with E-state index in [9.17, 15) is 14.4 Å². The third-order valence-corrected chi connectivity index (χ3v) is 7.65. The van der Waals surface area contributed by atoms with Crippen molar-refractivity contribution < 1.29 is 14.4 Å². The molecule has 0 aliphatic carbocycles. The van der Waals surface area contributed by atoms with Crippen LogP contribution in [0.4, 0.5) is 0 Å². The van der Waals surface area contributed by atoms with Crippen molar-refractivity contribution in [1.82, 2.24) is 4.57 Å². The van der Waals surface area contributed by atoms with E-state index in [1.807, 2.05) is 12.1 Å². The number of aromatic nitrogens is 1. The van der Waals surface area contributed by atoms with E-state index in [1.54, 1.807) is 12.1 Å². The molecule has 5 aromatic rings. The van der Waals surface area contributed by atoms with Crippen LogP contribution >= 0.6 is 52.8 Å². The number of benzene rings is 4. The number of hydrogen-bond donors (Lipinski definition) is 2. The van der Waals surface area contributed by atoms with Crippen LogP contribution in [0.5, 0.6) is 0 Å². The molecule has 0 spiro atoms. The van der Waals surface area contributed by atoms with Gasteiger partial charge in [0.2, 0.25) is 0 Å². The van der Waals surface area contributed by atoms with E-state index >= 15 is 0 Å². The van der Waals surface area contributed by atoms with Crippen LogP contribution in [0.2, 0.25) is 0 Å². The van der Waals surface area contributed by atoms with Gasteiger partial charge in [0.05, 0.1) is 16.3 Å². The Morgan fingerprint density at radius 2 is 1.26 bits per heavy atom. The van der Waals surface area contributed by atoms with Crippen molar-refractivity contribution in [3.63, 3.8) is 0 Å². The molecule has 1 aromatic heterocycles. The van der Waals surface area contributed by atoms with Crippen molar-refractivity contribution in [3.8, 4) is 16.8 Å². The Labute approximate surface area is 206 Å². The lowest BCUT2D eigenvalue weighted by Gasteiger charge is -2.11. The van der Waals surface area contributed by atoms with Crippen molar-refractivity contribution in [2.45, 2.75) is 0 Å². The molecule has 154 valence electrons. The largest absolute Gasteiger partial charge is 0.356 e. The van der Waals surface area contributed by atoms with Crippen molar-refractivity contribution in [1.29, 1.82) is 0 Å². The van der Waals surface area contributed by atoms with Crippen LogP contribution in [0.25, 0.3) is 38.6 Å². The van der Waals surface area contributed by atoms with Gasteiger partial charge in [-0.15, -0.1) is 0 Å². The fraction of sp³-hybridized carbons (Fsp3) is 0. The second-order valence-electron chi connectivity index (χ2n) is 7.30. The first-order chi connectivity index (χ1) is 14.8. The molecule has 4 aromatic carbocycles. The van der Waals surface area contributed by atoms with Gasteiger partial charge in [-0.2, -0.15) is 0 Å². The van der Waals surface area contributed by atoms with E-state index < -0.39 is 7.60 Å². The zero-order valence-electron chi connectivity index (χ0n) is 16.0. The summed E-state index contributed by atoms with van der Waals surface area (Å²) in [5, 5.41) is 2.45. The predicted octanol–water partition coefficient (Wildman–Crippen LogP) is 6.46. The van der Waals surface area contributed by atoms with Gasteiger partial charge in [-0.1, -0.05) is 36.4 Å². The predicted molar refractivity (Wildman–Crippen MR) is 143 cm³/mol. The highest BCUT2D eigenvalue weighted by Crippen LogP contribution is 2.36. The Morgan fingerprint density at radius 1 is 0.677 bits per heavy atom. The maximum Gasteiger partial charge on any atom is 0.356 e. The number of halogens is 2. The van der Waals surface area contributed by atoms with Crippen LogP contribution in [0, 0.1) is 7.14 Å². The van der Waals surface area contributed by atoms with Gasteiger partial charge < -0.3 is 14.4 Å². The maximum absolute atomic E-state index is 11.5. The molecule has 0 radical (unpaired) electrons. The zero-order chi connectivity index (χ0) is 21.8. The molecule has 1 heterocycles. The zero-order valence-corrected chi connectivity index (χ0v) is 21.2. The molecule has 7 heteroatoms. The molecule has 0 bridgehead atoms. The van der Waals surface area contributed by atoms with Crippen molar-refractivity contribution in [2.75, 3.05) is 0 Å². The Balaban J connectivity index is 1.72. The maximum atomic E-state index is 11.5. The number of rotatable bonds is 3. The summed E-state index contributed by atoms with van der Waals surface area (Å²) in [6.45, 7) is 0. The Morgan fingerprint density at radius 3 is 1.81 bits per heavy atom. The van der Waals surface area contributed by atoms with Crippen molar-refractivity contribution in [2.24, 2.45) is 0 Å². The summed E-state index contributed by atoms with van der Waals surface area (Å²) in [6.07, 6.45) is 0. The minimum absolute atomic E-state index is 0.0268. The van der Waals surface area contributed by atoms with Gasteiger partial charge in [-0.05, 0) is 105 Å². The smallest absolute Gasteiger partial charge is 0.321 e. The average Bonchev–Trinajstić information content (AvgIpc) is 3.05. The van der Waals surface area contributed by atoms with Gasteiger partial charge in [0.25, 0.3) is 0 Å². The van der Waals surface area contributed by atoms with Gasteiger partial charge in [0.1, 0.15) is 0 Å². The van der Waals surface area contributed by atoms with Gasteiger partial charge in [0.15, 0.2) is 0 Å². The molecule has 0 saturated carbocycles. The molecule has 0 aliphatic heterocycles. The topological polar surface area (TPSA) is 62.5 Å². The third-order valence-electron chi connectivity index (χ3n) is 5.33. The van der Waals surface area contributed by atoms with Crippen LogP contribution in [-0.2, 0) is 4.57 Å². The number of fused-ring (bicyclic) bond motifs is 3. The summed E-state index contributed by atoms with van der Waals surface area (Å²) in [6, 6.07) is 27.7. The summed E-state index contributed by atoms with van der Waals surface area (Å²) in [5.74, 6) is 0. The molecule has 0 fully saturated rings. The molecule has 5 rings (SSSR count). The average molecular weight is 651 g/mol. The highest BCUT2D eigenvalue weighted by atomic mass is 127. The number of nitrogens with zero attached hydrogens (tertiary/aromatic N) is 1. The van der Waals surface area contributed by atoms with Crippen LogP contribution in [0.3, 0.4) is 0 Å².